The van der Waals surface area contributed by atoms with Crippen LogP contribution in [-0.2, 0) is 19.5 Å². The van der Waals surface area contributed by atoms with Crippen LogP contribution < -0.4 is 10.6 Å². The van der Waals surface area contributed by atoms with Crippen molar-refractivity contribution in [3.05, 3.63) is 44.2 Å². The van der Waals surface area contributed by atoms with Crippen molar-refractivity contribution in [2.45, 2.75) is 32.9 Å². The number of rotatable bonds is 6. The third-order valence-corrected chi connectivity index (χ3v) is 4.65. The average Bonchev–Trinajstić information content (AvgIpc) is 2.84. The molecule has 2 N–H and O–H groups in total. The van der Waals surface area contributed by atoms with Gasteiger partial charge in [-0.2, -0.15) is 0 Å². The number of nitrogens with zero attached hydrogens (tertiary/aromatic N) is 2. The fourth-order valence-electron chi connectivity index (χ4n) is 2.11. The largest absolute Gasteiger partial charge is 0.355 e. The van der Waals surface area contributed by atoms with E-state index in [0.29, 0.717) is 6.54 Å². The summed E-state index contributed by atoms with van der Waals surface area (Å²) in [5, 5.41) is 2.17. The van der Waals surface area contributed by atoms with E-state index in [-0.39, 0.29) is 0 Å². The molecule has 20 heavy (non-hydrogen) atoms. The van der Waals surface area contributed by atoms with Gasteiger partial charge in [0.15, 0.2) is 0 Å². The molecule has 0 aliphatic rings. The molecule has 0 fully saturated rings. The lowest BCUT2D eigenvalue weighted by molar-refractivity contribution is 0.843. The number of pyridine rings is 1. The maximum absolute atomic E-state index is 5.79. The van der Waals surface area contributed by atoms with Crippen molar-refractivity contribution in [1.82, 2.24) is 4.98 Å². The summed E-state index contributed by atoms with van der Waals surface area (Å²) in [5.41, 5.74) is 9.36. The Kier molecular flexibility index (Phi) is 5.57. The van der Waals surface area contributed by atoms with Crippen molar-refractivity contribution in [1.29, 1.82) is 0 Å². The summed E-state index contributed by atoms with van der Waals surface area (Å²) in [6.07, 6.45) is 2.10. The first-order valence-electron chi connectivity index (χ1n) is 6.76. The van der Waals surface area contributed by atoms with Gasteiger partial charge in [-0.1, -0.05) is 13.3 Å². The molecule has 0 bridgehead atoms. The van der Waals surface area contributed by atoms with Crippen molar-refractivity contribution in [2.75, 3.05) is 11.9 Å². The van der Waals surface area contributed by atoms with E-state index in [0.717, 1.165) is 40.2 Å². The summed E-state index contributed by atoms with van der Waals surface area (Å²) in [7, 11) is 2.07. The van der Waals surface area contributed by atoms with E-state index in [9.17, 15) is 0 Å². The smallest absolute Gasteiger partial charge is 0.129 e. The van der Waals surface area contributed by atoms with Crippen molar-refractivity contribution < 1.29 is 0 Å². The van der Waals surface area contributed by atoms with Gasteiger partial charge < -0.3 is 10.6 Å². The van der Waals surface area contributed by atoms with Crippen LogP contribution in [0.1, 0.15) is 30.2 Å². The summed E-state index contributed by atoms with van der Waals surface area (Å²) in [4.78, 5) is 6.91. The summed E-state index contributed by atoms with van der Waals surface area (Å²) in [6.45, 7) is 3.59. The first kappa shape index (κ1) is 15.5. The number of aromatic nitrogens is 1. The van der Waals surface area contributed by atoms with Gasteiger partial charge in [-0.3, -0.25) is 0 Å². The predicted octanol–water partition coefficient (Wildman–Crippen LogP) is 3.95. The number of nitrogens with two attached hydrogens (primary N) is 1. The molecule has 108 valence electrons. The number of hydrogen-bond acceptors (Lipinski definition) is 4. The predicted molar refractivity (Wildman–Crippen MR) is 90.2 cm³/mol. The summed E-state index contributed by atoms with van der Waals surface area (Å²) in [6, 6.07) is 6.35. The van der Waals surface area contributed by atoms with E-state index in [4.69, 9.17) is 10.7 Å². The first-order chi connectivity index (χ1) is 9.62. The lowest BCUT2D eigenvalue weighted by Crippen LogP contribution is -2.18. The second kappa shape index (κ2) is 7.20. The van der Waals surface area contributed by atoms with E-state index in [1.165, 1.54) is 5.56 Å². The van der Waals surface area contributed by atoms with Crippen LogP contribution in [0.25, 0.3) is 0 Å². The Balaban J connectivity index is 2.19. The highest BCUT2D eigenvalue weighted by molar-refractivity contribution is 9.11. The van der Waals surface area contributed by atoms with Gasteiger partial charge in [0.05, 0.1) is 3.79 Å². The van der Waals surface area contributed by atoms with Gasteiger partial charge >= 0.3 is 0 Å². The fourth-order valence-corrected chi connectivity index (χ4v) is 3.31. The highest BCUT2D eigenvalue weighted by Gasteiger charge is 2.08. The van der Waals surface area contributed by atoms with Crippen LogP contribution in [-0.4, -0.2) is 12.0 Å². The van der Waals surface area contributed by atoms with Crippen molar-refractivity contribution in [3.63, 3.8) is 0 Å². The Morgan fingerprint density at radius 3 is 2.70 bits per heavy atom. The van der Waals surface area contributed by atoms with Crippen molar-refractivity contribution in [3.8, 4) is 0 Å². The molecule has 0 atom stereocenters. The highest BCUT2D eigenvalue weighted by atomic mass is 79.9. The summed E-state index contributed by atoms with van der Waals surface area (Å²) >= 11 is 5.21. The van der Waals surface area contributed by atoms with Crippen LogP contribution in [0.3, 0.4) is 0 Å². The van der Waals surface area contributed by atoms with Crippen LogP contribution >= 0.6 is 27.3 Å². The van der Waals surface area contributed by atoms with E-state index in [2.05, 4.69) is 58.4 Å². The molecular formula is C15H20BrN3S. The van der Waals surface area contributed by atoms with Gasteiger partial charge in [0, 0.05) is 25.8 Å². The third-order valence-electron chi connectivity index (χ3n) is 3.10. The summed E-state index contributed by atoms with van der Waals surface area (Å²) < 4.78 is 1.16. The maximum atomic E-state index is 5.79. The Labute approximate surface area is 133 Å². The molecule has 0 radical (unpaired) electrons. The SMILES string of the molecule is CCCc1cc(CN)cc(N(C)Cc2csc(Br)c2)n1. The minimum absolute atomic E-state index is 0.560. The van der Waals surface area contributed by atoms with Gasteiger partial charge in [0.1, 0.15) is 5.82 Å². The molecule has 0 unspecified atom stereocenters. The first-order valence-corrected chi connectivity index (χ1v) is 8.43. The number of aryl methyl sites for hydroxylation is 1. The zero-order chi connectivity index (χ0) is 14.5. The van der Waals surface area contributed by atoms with Gasteiger partial charge in [-0.15, -0.1) is 11.3 Å². The van der Waals surface area contributed by atoms with Crippen molar-refractivity contribution in [2.24, 2.45) is 5.73 Å². The molecule has 2 rings (SSSR count). The second-order valence-electron chi connectivity index (χ2n) is 4.89. The Morgan fingerprint density at radius 2 is 2.10 bits per heavy atom. The minimum Gasteiger partial charge on any atom is -0.355 e. The standard InChI is InChI=1S/C15H20BrN3S/c1-3-4-13-5-11(8-17)7-15(18-13)19(2)9-12-6-14(16)20-10-12/h5-7,10H,3-4,8-9,17H2,1-2H3. The number of halogens is 1. The molecule has 3 nitrogen and oxygen atoms in total. The normalized spacial score (nSPS) is 10.8. The fraction of sp³-hybridized carbons (Fsp3) is 0.400. The van der Waals surface area contributed by atoms with E-state index in [1.807, 2.05) is 0 Å². The molecule has 0 aliphatic heterocycles. The van der Waals surface area contributed by atoms with Crippen LogP contribution in [0.2, 0.25) is 0 Å². The zero-order valence-electron chi connectivity index (χ0n) is 11.9. The molecule has 0 saturated heterocycles. The molecule has 2 heterocycles. The van der Waals surface area contributed by atoms with Crippen molar-refractivity contribution >= 4 is 33.1 Å². The van der Waals surface area contributed by atoms with Gasteiger partial charge in [-0.05, 0) is 57.1 Å². The Hall–Kier alpha value is -0.910. The molecule has 2 aromatic heterocycles. The van der Waals surface area contributed by atoms with E-state index < -0.39 is 0 Å². The lowest BCUT2D eigenvalue weighted by atomic mass is 10.1. The van der Waals surface area contributed by atoms with Gasteiger partial charge in [-0.25, -0.2) is 4.98 Å². The second-order valence-corrected chi connectivity index (χ2v) is 7.18. The van der Waals surface area contributed by atoms with Crippen LogP contribution in [0, 0.1) is 0 Å². The Morgan fingerprint density at radius 1 is 1.30 bits per heavy atom. The van der Waals surface area contributed by atoms with Crippen LogP contribution in [0.15, 0.2) is 27.4 Å². The molecule has 0 saturated carbocycles. The molecule has 0 amide bonds. The number of anilines is 1. The van der Waals surface area contributed by atoms with Crippen LogP contribution in [0.4, 0.5) is 5.82 Å². The molecule has 0 spiro atoms. The third kappa shape index (κ3) is 4.04. The average molecular weight is 354 g/mol. The van der Waals surface area contributed by atoms with E-state index >= 15 is 0 Å². The van der Waals surface area contributed by atoms with Gasteiger partial charge in [0.25, 0.3) is 0 Å². The monoisotopic (exact) mass is 353 g/mol. The molecule has 0 aliphatic carbocycles. The van der Waals surface area contributed by atoms with E-state index in [1.54, 1.807) is 11.3 Å². The lowest BCUT2D eigenvalue weighted by Gasteiger charge is -2.19. The van der Waals surface area contributed by atoms with Crippen LogP contribution in [0.5, 0.6) is 0 Å². The summed E-state index contributed by atoms with van der Waals surface area (Å²) in [5.74, 6) is 0.999. The zero-order valence-corrected chi connectivity index (χ0v) is 14.3. The topological polar surface area (TPSA) is 42.1 Å². The quantitative estimate of drug-likeness (QED) is 0.854. The molecule has 5 heteroatoms. The highest BCUT2D eigenvalue weighted by Crippen LogP contribution is 2.23. The number of hydrogen-bond donors (Lipinski definition) is 1. The number of thiophene rings is 1. The molecular weight excluding hydrogens is 334 g/mol. The Bertz CT molecular complexity index is 568. The molecule has 2 aromatic rings. The maximum Gasteiger partial charge on any atom is 0.129 e. The minimum atomic E-state index is 0.560. The van der Waals surface area contributed by atoms with Gasteiger partial charge in [0.2, 0.25) is 0 Å². The molecule has 0 aromatic carbocycles.